The Kier molecular flexibility index (Phi) is 7.64. The standard InChI is InChI=1S/C12H21N5O4S/c13-12(14)15-5-1-3-8(7-22-16-21)10(18)17-6-2-4-9(17)11(19)20/h8-9H,1-7H2,(H,19,20)(H4,13,14,15)/t8?,9-/m0/s1. The second kappa shape index (κ2) is 9.23. The molecule has 0 aliphatic carbocycles. The van der Waals surface area contributed by atoms with Crippen LogP contribution in [0.1, 0.15) is 25.7 Å². The molecule has 1 aliphatic rings. The zero-order chi connectivity index (χ0) is 16.5. The lowest BCUT2D eigenvalue weighted by Gasteiger charge is -2.26. The summed E-state index contributed by atoms with van der Waals surface area (Å²) in [6, 6.07) is -0.778. The maximum atomic E-state index is 12.5. The number of hydrogen-bond donors (Lipinski definition) is 4. The van der Waals surface area contributed by atoms with Gasteiger partial charge in [-0.1, -0.05) is 0 Å². The van der Waals surface area contributed by atoms with Gasteiger partial charge in [0.25, 0.3) is 0 Å². The number of hydrogen-bond acceptors (Lipinski definition) is 6. The molecule has 124 valence electrons. The second-order valence-electron chi connectivity index (χ2n) is 5.08. The molecule has 1 aliphatic heterocycles. The zero-order valence-electron chi connectivity index (χ0n) is 12.2. The molecule has 0 aromatic heterocycles. The van der Waals surface area contributed by atoms with Crippen LogP contribution < -0.4 is 11.1 Å². The van der Waals surface area contributed by atoms with Crippen LogP contribution in [-0.4, -0.2) is 52.7 Å². The number of nitrogens with two attached hydrogens (primary N) is 1. The van der Waals surface area contributed by atoms with Crippen LogP contribution in [0.15, 0.2) is 4.58 Å². The lowest BCUT2D eigenvalue weighted by Crippen LogP contribution is -2.44. The Morgan fingerprint density at radius 3 is 2.86 bits per heavy atom. The highest BCUT2D eigenvalue weighted by molar-refractivity contribution is 7.97. The molecular formula is C12H21N5O4S. The fourth-order valence-corrected chi connectivity index (χ4v) is 3.04. The molecule has 1 unspecified atom stereocenters. The van der Waals surface area contributed by atoms with E-state index in [0.29, 0.717) is 38.8 Å². The highest BCUT2D eigenvalue weighted by Gasteiger charge is 2.36. The van der Waals surface area contributed by atoms with Crippen molar-refractivity contribution in [1.82, 2.24) is 10.2 Å². The van der Waals surface area contributed by atoms with E-state index in [9.17, 15) is 14.5 Å². The molecule has 1 amide bonds. The van der Waals surface area contributed by atoms with Gasteiger partial charge < -0.3 is 21.1 Å². The van der Waals surface area contributed by atoms with Gasteiger partial charge in [-0.05, 0) is 25.7 Å². The monoisotopic (exact) mass is 331 g/mol. The van der Waals surface area contributed by atoms with E-state index in [0.717, 1.165) is 11.9 Å². The minimum Gasteiger partial charge on any atom is -0.480 e. The van der Waals surface area contributed by atoms with Crippen molar-refractivity contribution in [3.8, 4) is 0 Å². The molecule has 0 aromatic rings. The summed E-state index contributed by atoms with van der Waals surface area (Å²) in [5, 5.41) is 18.8. The molecule has 1 rings (SSSR count). The summed E-state index contributed by atoms with van der Waals surface area (Å²) in [7, 11) is 0. The van der Waals surface area contributed by atoms with Gasteiger partial charge in [0.05, 0.1) is 0 Å². The third-order valence-electron chi connectivity index (χ3n) is 3.54. The summed E-state index contributed by atoms with van der Waals surface area (Å²) in [6.45, 7) is 0.873. The average molecular weight is 331 g/mol. The van der Waals surface area contributed by atoms with Gasteiger partial charge >= 0.3 is 5.97 Å². The molecule has 10 heteroatoms. The molecule has 0 aromatic carbocycles. The van der Waals surface area contributed by atoms with Gasteiger partial charge in [-0.2, -0.15) is 0 Å². The van der Waals surface area contributed by atoms with E-state index in [2.05, 4.69) is 9.90 Å². The largest absolute Gasteiger partial charge is 0.480 e. The maximum absolute atomic E-state index is 12.5. The van der Waals surface area contributed by atoms with Crippen molar-refractivity contribution < 1.29 is 14.7 Å². The van der Waals surface area contributed by atoms with Crippen molar-refractivity contribution >= 4 is 29.8 Å². The smallest absolute Gasteiger partial charge is 0.326 e. The second-order valence-corrected chi connectivity index (χ2v) is 5.82. The first-order chi connectivity index (χ1) is 10.5. The number of nitrogens with one attached hydrogen (secondary N) is 2. The van der Waals surface area contributed by atoms with Gasteiger partial charge in [0.15, 0.2) is 5.96 Å². The van der Waals surface area contributed by atoms with E-state index in [4.69, 9.17) is 16.2 Å². The van der Waals surface area contributed by atoms with Crippen LogP contribution in [-0.2, 0) is 9.59 Å². The summed E-state index contributed by atoms with van der Waals surface area (Å²) in [5.41, 5.74) is 5.17. The summed E-state index contributed by atoms with van der Waals surface area (Å²) in [6.07, 6.45) is 2.19. The molecule has 9 nitrogen and oxygen atoms in total. The number of amides is 1. The van der Waals surface area contributed by atoms with Gasteiger partial charge in [-0.15, -0.1) is 4.91 Å². The Hall–Kier alpha value is -1.84. The van der Waals surface area contributed by atoms with Crippen LogP contribution in [0.4, 0.5) is 0 Å². The fraction of sp³-hybridized carbons (Fsp3) is 0.750. The normalized spacial score (nSPS) is 18.7. The topological polar surface area (TPSA) is 149 Å². The number of aliphatic carboxylic acids is 1. The molecule has 1 heterocycles. The van der Waals surface area contributed by atoms with Gasteiger partial charge in [0, 0.05) is 41.3 Å². The highest BCUT2D eigenvalue weighted by Crippen LogP contribution is 2.24. The minimum atomic E-state index is -0.996. The number of likely N-dealkylation sites (tertiary alicyclic amines) is 1. The first-order valence-electron chi connectivity index (χ1n) is 7.03. The van der Waals surface area contributed by atoms with E-state index in [1.54, 1.807) is 0 Å². The predicted molar refractivity (Wildman–Crippen MR) is 83.3 cm³/mol. The number of carboxylic acid groups (broad SMARTS) is 1. The lowest BCUT2D eigenvalue weighted by atomic mass is 10.0. The summed E-state index contributed by atoms with van der Waals surface area (Å²) in [5.74, 6) is -1.62. The summed E-state index contributed by atoms with van der Waals surface area (Å²) < 4.78 is 2.70. The van der Waals surface area contributed by atoms with E-state index >= 15 is 0 Å². The minimum absolute atomic E-state index is 0.141. The third-order valence-corrected chi connectivity index (χ3v) is 4.20. The molecular weight excluding hydrogens is 310 g/mol. The van der Waals surface area contributed by atoms with Crippen LogP contribution in [0.25, 0.3) is 0 Å². The number of nitroso groups, excluding NO2 is 1. The quantitative estimate of drug-likeness (QED) is 0.157. The molecule has 0 spiro atoms. The van der Waals surface area contributed by atoms with Crippen LogP contribution >= 0.6 is 11.9 Å². The van der Waals surface area contributed by atoms with Crippen molar-refractivity contribution in [3.63, 3.8) is 0 Å². The van der Waals surface area contributed by atoms with Crippen LogP contribution in [0.2, 0.25) is 0 Å². The Morgan fingerprint density at radius 1 is 1.55 bits per heavy atom. The van der Waals surface area contributed by atoms with Gasteiger partial charge in [-0.25, -0.2) is 4.79 Å². The zero-order valence-corrected chi connectivity index (χ0v) is 13.0. The van der Waals surface area contributed by atoms with Crippen LogP contribution in [0.5, 0.6) is 0 Å². The first kappa shape index (κ1) is 18.2. The van der Waals surface area contributed by atoms with Crippen molar-refractivity contribution in [2.45, 2.75) is 31.7 Å². The van der Waals surface area contributed by atoms with Gasteiger partial charge in [-0.3, -0.25) is 10.2 Å². The molecule has 5 N–H and O–H groups in total. The van der Waals surface area contributed by atoms with E-state index in [-0.39, 0.29) is 17.6 Å². The molecule has 0 saturated carbocycles. The number of guanidine groups is 1. The molecule has 0 bridgehead atoms. The Bertz CT molecular complexity index is 434. The first-order valence-corrected chi connectivity index (χ1v) is 7.97. The predicted octanol–water partition coefficient (Wildman–Crippen LogP) is 0.356. The number of carbonyl (C=O) groups is 2. The Balaban J connectivity index is 2.60. The van der Waals surface area contributed by atoms with E-state index < -0.39 is 17.9 Å². The molecule has 0 radical (unpaired) electrons. The van der Waals surface area contributed by atoms with Crippen LogP contribution in [0, 0.1) is 16.2 Å². The van der Waals surface area contributed by atoms with Gasteiger partial charge in [0.2, 0.25) is 5.91 Å². The SMILES string of the molecule is N=C(N)NCCCC(CSN=O)C(=O)N1CCC[C@H]1C(=O)O. The molecule has 1 fully saturated rings. The lowest BCUT2D eigenvalue weighted by molar-refractivity contribution is -0.149. The summed E-state index contributed by atoms with van der Waals surface area (Å²) >= 11 is 0.764. The Morgan fingerprint density at radius 2 is 2.27 bits per heavy atom. The van der Waals surface area contributed by atoms with E-state index in [1.807, 2.05) is 0 Å². The highest BCUT2D eigenvalue weighted by atomic mass is 32.2. The number of rotatable bonds is 9. The van der Waals surface area contributed by atoms with Gasteiger partial charge in [0.1, 0.15) is 6.04 Å². The van der Waals surface area contributed by atoms with Crippen molar-refractivity contribution in [2.24, 2.45) is 16.2 Å². The van der Waals surface area contributed by atoms with E-state index in [1.165, 1.54) is 4.90 Å². The van der Waals surface area contributed by atoms with Crippen LogP contribution in [0.3, 0.4) is 0 Å². The van der Waals surface area contributed by atoms with Crippen molar-refractivity contribution in [3.05, 3.63) is 4.91 Å². The number of carbonyl (C=O) groups excluding carboxylic acids is 1. The third kappa shape index (κ3) is 5.51. The van der Waals surface area contributed by atoms with Crippen molar-refractivity contribution in [1.29, 1.82) is 5.41 Å². The molecule has 2 atom stereocenters. The number of nitrogens with zero attached hydrogens (tertiary/aromatic N) is 2. The molecule has 1 saturated heterocycles. The van der Waals surface area contributed by atoms with Crippen molar-refractivity contribution in [2.75, 3.05) is 18.8 Å². The summed E-state index contributed by atoms with van der Waals surface area (Å²) in [4.78, 5) is 35.4. The fourth-order valence-electron chi connectivity index (χ4n) is 2.49. The Labute approximate surface area is 132 Å². The number of carboxylic acids is 1. The average Bonchev–Trinajstić information content (AvgIpc) is 2.95. The maximum Gasteiger partial charge on any atom is 0.326 e. The molecule has 22 heavy (non-hydrogen) atoms.